The van der Waals surface area contributed by atoms with Crippen LogP contribution in [-0.4, -0.2) is 42.0 Å². The smallest absolute Gasteiger partial charge is 0.252 e. The van der Waals surface area contributed by atoms with Crippen LogP contribution < -0.4 is 11.1 Å². The summed E-state index contributed by atoms with van der Waals surface area (Å²) in [7, 11) is 0. The Kier molecular flexibility index (Phi) is 7.65. The third-order valence-corrected chi connectivity index (χ3v) is 3.06. The van der Waals surface area contributed by atoms with Gasteiger partial charge in [-0.3, -0.25) is 4.79 Å². The summed E-state index contributed by atoms with van der Waals surface area (Å²) in [5.41, 5.74) is 6.04. The Labute approximate surface area is 121 Å². The molecule has 0 fully saturated rings. The summed E-state index contributed by atoms with van der Waals surface area (Å²) in [6.07, 6.45) is 4.81. The molecule has 0 saturated carbocycles. The van der Waals surface area contributed by atoms with Crippen molar-refractivity contribution in [2.24, 2.45) is 0 Å². The van der Waals surface area contributed by atoms with Crippen molar-refractivity contribution >= 4 is 11.7 Å². The highest BCUT2D eigenvalue weighted by Crippen LogP contribution is 2.01. The lowest BCUT2D eigenvalue weighted by Gasteiger charge is -2.20. The minimum absolute atomic E-state index is 0.0879. The predicted octanol–water partition coefficient (Wildman–Crippen LogP) is 1.91. The van der Waals surface area contributed by atoms with E-state index in [1.165, 1.54) is 19.0 Å². The molecule has 0 spiro atoms. The summed E-state index contributed by atoms with van der Waals surface area (Å²) in [5, 5.41) is 2.91. The molecule has 1 aromatic heterocycles. The molecule has 0 atom stereocenters. The van der Waals surface area contributed by atoms with Gasteiger partial charge in [-0.1, -0.05) is 13.8 Å². The van der Waals surface area contributed by atoms with Crippen LogP contribution in [0, 0.1) is 0 Å². The van der Waals surface area contributed by atoms with Crippen LogP contribution in [0.25, 0.3) is 0 Å². The Morgan fingerprint density at radius 3 is 2.50 bits per heavy atom. The van der Waals surface area contributed by atoms with Gasteiger partial charge in [0.2, 0.25) is 0 Å². The van der Waals surface area contributed by atoms with E-state index in [2.05, 4.69) is 29.0 Å². The highest BCUT2D eigenvalue weighted by atomic mass is 16.1. The number of nitrogens with one attached hydrogen (secondary N) is 1. The van der Waals surface area contributed by atoms with Gasteiger partial charge in [0.1, 0.15) is 5.82 Å². The second-order valence-corrected chi connectivity index (χ2v) is 4.92. The summed E-state index contributed by atoms with van der Waals surface area (Å²) < 4.78 is 0. The number of nitrogens with zero attached hydrogens (tertiary/aromatic N) is 2. The molecule has 1 rings (SSSR count). The normalized spacial score (nSPS) is 10.8. The molecule has 5 nitrogen and oxygen atoms in total. The number of hydrogen-bond donors (Lipinski definition) is 2. The number of carbonyl (C=O) groups is 1. The molecule has 5 heteroatoms. The van der Waals surface area contributed by atoms with Crippen LogP contribution in [0.4, 0.5) is 5.82 Å². The van der Waals surface area contributed by atoms with E-state index in [1.54, 1.807) is 12.1 Å². The zero-order valence-corrected chi connectivity index (χ0v) is 12.6. The summed E-state index contributed by atoms with van der Waals surface area (Å²) in [6, 6.07) is 3.33. The van der Waals surface area contributed by atoms with Crippen molar-refractivity contribution in [2.45, 2.75) is 33.1 Å². The first-order chi connectivity index (χ1) is 9.67. The van der Waals surface area contributed by atoms with E-state index >= 15 is 0 Å². The van der Waals surface area contributed by atoms with Crippen molar-refractivity contribution in [3.05, 3.63) is 23.9 Å². The average Bonchev–Trinajstić information content (AvgIpc) is 2.44. The van der Waals surface area contributed by atoms with Gasteiger partial charge in [0.05, 0.1) is 5.56 Å². The lowest BCUT2D eigenvalue weighted by Crippen LogP contribution is -2.31. The highest BCUT2D eigenvalue weighted by molar-refractivity contribution is 5.93. The number of anilines is 1. The maximum absolute atomic E-state index is 11.8. The van der Waals surface area contributed by atoms with E-state index < -0.39 is 0 Å². The predicted molar refractivity (Wildman–Crippen MR) is 82.6 cm³/mol. The van der Waals surface area contributed by atoms with Crippen LogP contribution in [0.3, 0.4) is 0 Å². The van der Waals surface area contributed by atoms with E-state index in [9.17, 15) is 4.79 Å². The van der Waals surface area contributed by atoms with Crippen LogP contribution in [-0.2, 0) is 0 Å². The number of hydrogen-bond acceptors (Lipinski definition) is 4. The molecule has 0 saturated heterocycles. The van der Waals surface area contributed by atoms with Gasteiger partial charge >= 0.3 is 0 Å². The minimum atomic E-state index is -0.0879. The van der Waals surface area contributed by atoms with Crippen molar-refractivity contribution in [1.82, 2.24) is 15.2 Å². The summed E-state index contributed by atoms with van der Waals surface area (Å²) >= 11 is 0. The molecule has 0 radical (unpaired) electrons. The molecule has 0 unspecified atom stereocenters. The molecule has 112 valence electrons. The fraction of sp³-hybridized carbons (Fsp3) is 0.600. The molecule has 1 heterocycles. The molecular weight excluding hydrogens is 252 g/mol. The number of amides is 1. The second kappa shape index (κ2) is 9.31. The third-order valence-electron chi connectivity index (χ3n) is 3.06. The highest BCUT2D eigenvalue weighted by Gasteiger charge is 2.06. The Morgan fingerprint density at radius 1 is 1.25 bits per heavy atom. The van der Waals surface area contributed by atoms with Crippen molar-refractivity contribution in [1.29, 1.82) is 0 Å². The maximum atomic E-state index is 11.8. The quantitative estimate of drug-likeness (QED) is 0.677. The van der Waals surface area contributed by atoms with Gasteiger partial charge in [-0.05, 0) is 51.0 Å². The van der Waals surface area contributed by atoms with Crippen molar-refractivity contribution in [2.75, 3.05) is 31.9 Å². The van der Waals surface area contributed by atoms with Gasteiger partial charge in [0, 0.05) is 12.7 Å². The lowest BCUT2D eigenvalue weighted by molar-refractivity contribution is 0.0951. The van der Waals surface area contributed by atoms with E-state index in [-0.39, 0.29) is 5.91 Å². The van der Waals surface area contributed by atoms with Gasteiger partial charge in [0.25, 0.3) is 5.91 Å². The number of rotatable bonds is 9. The summed E-state index contributed by atoms with van der Waals surface area (Å²) in [5.74, 6) is 0.339. The first kappa shape index (κ1) is 16.4. The lowest BCUT2D eigenvalue weighted by atomic mass is 10.2. The SMILES string of the molecule is CCCN(CCC)CCCNC(=O)c1ccc(N)nc1. The molecule has 1 amide bonds. The first-order valence-electron chi connectivity index (χ1n) is 7.39. The molecule has 20 heavy (non-hydrogen) atoms. The maximum Gasteiger partial charge on any atom is 0.252 e. The molecule has 0 aliphatic heterocycles. The fourth-order valence-electron chi connectivity index (χ4n) is 2.11. The Bertz CT molecular complexity index is 385. The van der Waals surface area contributed by atoms with Crippen LogP contribution in [0.1, 0.15) is 43.5 Å². The average molecular weight is 278 g/mol. The van der Waals surface area contributed by atoms with Crippen LogP contribution in [0.15, 0.2) is 18.3 Å². The Balaban J connectivity index is 2.26. The number of nitrogen functional groups attached to an aromatic ring is 1. The number of pyridine rings is 1. The van der Waals surface area contributed by atoms with Crippen LogP contribution in [0.2, 0.25) is 0 Å². The molecule has 0 bridgehead atoms. The monoisotopic (exact) mass is 278 g/mol. The van der Waals surface area contributed by atoms with Crippen molar-refractivity contribution in [3.8, 4) is 0 Å². The summed E-state index contributed by atoms with van der Waals surface area (Å²) in [6.45, 7) is 8.36. The Morgan fingerprint density at radius 2 is 1.95 bits per heavy atom. The molecule has 3 N–H and O–H groups in total. The second-order valence-electron chi connectivity index (χ2n) is 4.92. The zero-order valence-electron chi connectivity index (χ0n) is 12.6. The molecule has 0 aliphatic rings. The standard InChI is InChI=1S/C15H26N4O/c1-3-9-19(10-4-2)11-5-8-17-15(20)13-6-7-14(16)18-12-13/h6-7,12H,3-5,8-11H2,1-2H3,(H2,16,18)(H,17,20). The molecule has 0 aliphatic carbocycles. The van der Waals surface area contributed by atoms with Gasteiger partial charge in [0.15, 0.2) is 0 Å². The zero-order chi connectivity index (χ0) is 14.8. The largest absolute Gasteiger partial charge is 0.384 e. The van der Waals surface area contributed by atoms with Crippen LogP contribution in [0.5, 0.6) is 0 Å². The van der Waals surface area contributed by atoms with E-state index in [0.717, 1.165) is 26.1 Å². The van der Waals surface area contributed by atoms with E-state index in [4.69, 9.17) is 5.73 Å². The molecular formula is C15H26N4O. The first-order valence-corrected chi connectivity index (χ1v) is 7.39. The van der Waals surface area contributed by atoms with Crippen LogP contribution >= 0.6 is 0 Å². The minimum Gasteiger partial charge on any atom is -0.384 e. The Hall–Kier alpha value is -1.62. The van der Waals surface area contributed by atoms with Gasteiger partial charge in [-0.25, -0.2) is 4.98 Å². The van der Waals surface area contributed by atoms with Gasteiger partial charge in [-0.2, -0.15) is 0 Å². The molecule has 1 aromatic rings. The van der Waals surface area contributed by atoms with E-state index in [0.29, 0.717) is 17.9 Å². The van der Waals surface area contributed by atoms with Crippen molar-refractivity contribution < 1.29 is 4.79 Å². The fourth-order valence-corrected chi connectivity index (χ4v) is 2.11. The van der Waals surface area contributed by atoms with Gasteiger partial charge < -0.3 is 16.0 Å². The van der Waals surface area contributed by atoms with Crippen molar-refractivity contribution in [3.63, 3.8) is 0 Å². The van der Waals surface area contributed by atoms with Gasteiger partial charge in [-0.15, -0.1) is 0 Å². The van der Waals surface area contributed by atoms with E-state index in [1.807, 2.05) is 0 Å². The number of aromatic nitrogens is 1. The molecule has 0 aromatic carbocycles. The number of nitrogens with two attached hydrogens (primary N) is 1. The number of carbonyl (C=O) groups excluding carboxylic acids is 1. The topological polar surface area (TPSA) is 71.2 Å². The third kappa shape index (κ3) is 6.02. The summed E-state index contributed by atoms with van der Waals surface area (Å²) in [4.78, 5) is 18.2.